The minimum absolute atomic E-state index is 0. The van der Waals surface area contributed by atoms with E-state index in [1.54, 1.807) is 11.9 Å². The first-order valence-electron chi connectivity index (χ1n) is 3.15. The summed E-state index contributed by atoms with van der Waals surface area (Å²) >= 11 is 1.65. The zero-order valence-electron chi connectivity index (χ0n) is 5.37. The van der Waals surface area contributed by atoms with E-state index >= 15 is 0 Å². The molecule has 1 heterocycles. The molecule has 0 aliphatic carbocycles. The van der Waals surface area contributed by atoms with Crippen LogP contribution in [0.2, 0.25) is 0 Å². The van der Waals surface area contributed by atoms with Crippen LogP contribution in [0.3, 0.4) is 0 Å². The van der Waals surface area contributed by atoms with Crippen molar-refractivity contribution in [2.45, 2.75) is 12.3 Å². The fourth-order valence-corrected chi connectivity index (χ4v) is 1.60. The Morgan fingerprint density at radius 3 is 2.82 bits per heavy atom. The van der Waals surface area contributed by atoms with Crippen molar-refractivity contribution in [3.8, 4) is 0 Å². The topological polar surface area (TPSA) is 12.0 Å². The molecule has 1 N–H and O–H groups in total. The van der Waals surface area contributed by atoms with Crippen molar-refractivity contribution in [3.05, 3.63) is 36.0 Å². The van der Waals surface area contributed by atoms with Gasteiger partial charge in [0.15, 0.2) is 0 Å². The monoisotopic (exact) mass is 165 g/mol. The van der Waals surface area contributed by atoms with E-state index in [1.165, 1.54) is 10.5 Å². The Balaban J connectivity index is 0.000000605. The number of rotatable bonds is 0. The molecule has 1 aliphatic heterocycles. The van der Waals surface area contributed by atoms with Crippen LogP contribution in [0.25, 0.3) is 6.08 Å². The molecule has 1 nitrogen and oxygen atoms in total. The molecule has 0 unspecified atom stereocenters. The average Bonchev–Trinajstić information content (AvgIpc) is 2.05. The molecule has 0 radical (unpaired) electrons. The second kappa shape index (κ2) is 3.49. The molecule has 1 aromatic rings. The van der Waals surface area contributed by atoms with Crippen molar-refractivity contribution in [2.24, 2.45) is 0 Å². The van der Waals surface area contributed by atoms with E-state index in [4.69, 9.17) is 0 Å². The highest BCUT2D eigenvalue weighted by Crippen LogP contribution is 2.23. The summed E-state index contributed by atoms with van der Waals surface area (Å²) in [4.78, 5) is 1.30. The lowest BCUT2D eigenvalue weighted by atomic mass is 10.2. The van der Waals surface area contributed by atoms with Gasteiger partial charge in [-0.2, -0.15) is 0 Å². The van der Waals surface area contributed by atoms with Gasteiger partial charge in [0.1, 0.15) is 0 Å². The van der Waals surface area contributed by atoms with Crippen molar-refractivity contribution in [1.82, 2.24) is 4.72 Å². The third-order valence-corrected chi connectivity index (χ3v) is 2.26. The van der Waals surface area contributed by atoms with Gasteiger partial charge in [-0.1, -0.05) is 25.6 Å². The van der Waals surface area contributed by atoms with Gasteiger partial charge in [-0.05, 0) is 29.7 Å². The van der Waals surface area contributed by atoms with Gasteiger partial charge in [0, 0.05) is 11.1 Å². The van der Waals surface area contributed by atoms with Gasteiger partial charge in [-0.3, -0.25) is 0 Å². The Morgan fingerprint density at radius 2 is 2.00 bits per heavy atom. The Morgan fingerprint density at radius 1 is 1.18 bits per heavy atom. The highest BCUT2D eigenvalue weighted by molar-refractivity contribution is 7.97. The van der Waals surface area contributed by atoms with Crippen LogP contribution in [0.5, 0.6) is 0 Å². The average molecular weight is 165 g/mol. The Hall–Kier alpha value is -0.890. The van der Waals surface area contributed by atoms with Gasteiger partial charge in [-0.25, -0.2) is 0 Å². The van der Waals surface area contributed by atoms with Gasteiger partial charge in [0.2, 0.25) is 0 Å². The fraction of sp³-hybridized carbons (Fsp3) is 0.111. The lowest BCUT2D eigenvalue weighted by Gasteiger charge is -2.08. The first-order chi connectivity index (χ1) is 4.97. The molecule has 0 saturated heterocycles. The summed E-state index contributed by atoms with van der Waals surface area (Å²) in [7, 11) is 0. The fourth-order valence-electron chi connectivity index (χ4n) is 0.932. The predicted octanol–water partition coefficient (Wildman–Crippen LogP) is 2.90. The van der Waals surface area contributed by atoms with Gasteiger partial charge in [0.25, 0.3) is 0 Å². The normalized spacial score (nSPS) is 12.7. The largest absolute Gasteiger partial charge is 0.332 e. The van der Waals surface area contributed by atoms with Crippen molar-refractivity contribution < 1.29 is 0 Å². The van der Waals surface area contributed by atoms with Crippen LogP contribution >= 0.6 is 11.9 Å². The predicted molar refractivity (Wildman–Crippen MR) is 51.2 cm³/mol. The quantitative estimate of drug-likeness (QED) is 0.593. The summed E-state index contributed by atoms with van der Waals surface area (Å²) < 4.78 is 3.08. The molecule has 58 valence electrons. The zero-order valence-corrected chi connectivity index (χ0v) is 6.19. The molecule has 0 saturated carbocycles. The molecule has 0 atom stereocenters. The maximum absolute atomic E-state index is 3.08. The molecule has 0 spiro atoms. The number of fused-ring (bicyclic) bond motifs is 1. The minimum atomic E-state index is 0. The minimum Gasteiger partial charge on any atom is -0.332 e. The van der Waals surface area contributed by atoms with E-state index in [1.807, 2.05) is 12.3 Å². The van der Waals surface area contributed by atoms with Crippen molar-refractivity contribution >= 4 is 18.0 Å². The molecule has 2 heteroatoms. The maximum atomic E-state index is 3.08. The van der Waals surface area contributed by atoms with Crippen molar-refractivity contribution in [3.63, 3.8) is 0 Å². The summed E-state index contributed by atoms with van der Waals surface area (Å²) in [6.45, 7) is 0. The van der Waals surface area contributed by atoms with E-state index < -0.39 is 0 Å². The van der Waals surface area contributed by atoms with Crippen LogP contribution in [-0.4, -0.2) is 0 Å². The van der Waals surface area contributed by atoms with E-state index in [9.17, 15) is 0 Å². The first-order valence-corrected chi connectivity index (χ1v) is 3.96. The van der Waals surface area contributed by atoms with Crippen LogP contribution in [0.4, 0.5) is 0 Å². The highest BCUT2D eigenvalue weighted by Gasteiger charge is 2.00. The molecule has 1 aromatic carbocycles. The Labute approximate surface area is 71.6 Å². The SMILES string of the molecule is C.C1=Cc2ccccc2SN1. The first kappa shape index (κ1) is 8.21. The van der Waals surface area contributed by atoms with Crippen LogP contribution in [0, 0.1) is 0 Å². The molecule has 11 heavy (non-hydrogen) atoms. The van der Waals surface area contributed by atoms with Gasteiger partial charge < -0.3 is 4.72 Å². The Kier molecular flexibility index (Phi) is 2.60. The van der Waals surface area contributed by atoms with E-state index in [-0.39, 0.29) is 7.43 Å². The summed E-state index contributed by atoms with van der Waals surface area (Å²) in [5.74, 6) is 0. The number of benzene rings is 1. The summed E-state index contributed by atoms with van der Waals surface area (Å²) in [5, 5.41) is 0. The van der Waals surface area contributed by atoms with Gasteiger partial charge in [-0.15, -0.1) is 0 Å². The van der Waals surface area contributed by atoms with Crippen molar-refractivity contribution in [1.29, 1.82) is 0 Å². The van der Waals surface area contributed by atoms with Gasteiger partial charge >= 0.3 is 0 Å². The molecule has 2 rings (SSSR count). The zero-order chi connectivity index (χ0) is 6.81. The molecule has 0 fully saturated rings. The van der Waals surface area contributed by atoms with Crippen molar-refractivity contribution in [2.75, 3.05) is 0 Å². The lowest BCUT2D eigenvalue weighted by Crippen LogP contribution is -1.96. The smallest absolute Gasteiger partial charge is 0.0357 e. The Bertz CT molecular complexity index is 268. The maximum Gasteiger partial charge on any atom is 0.0357 e. The highest BCUT2D eigenvalue weighted by atomic mass is 32.2. The molecule has 1 aliphatic rings. The number of hydrogen-bond acceptors (Lipinski definition) is 2. The molecule has 0 aromatic heterocycles. The second-order valence-corrected chi connectivity index (χ2v) is 2.97. The summed E-state index contributed by atoms with van der Waals surface area (Å²) in [6.07, 6.45) is 4.03. The molecular weight excluding hydrogens is 154 g/mol. The van der Waals surface area contributed by atoms with Crippen LogP contribution in [0.15, 0.2) is 35.4 Å². The third kappa shape index (κ3) is 1.57. The molecule has 0 bridgehead atoms. The van der Waals surface area contributed by atoms with E-state index in [2.05, 4.69) is 29.0 Å². The lowest BCUT2D eigenvalue weighted by molar-refractivity contribution is 1.32. The van der Waals surface area contributed by atoms with Crippen LogP contribution in [0.1, 0.15) is 13.0 Å². The van der Waals surface area contributed by atoms with E-state index in [0.29, 0.717) is 0 Å². The standard InChI is InChI=1S/C8H7NS.CH4/c1-2-4-8-7(3-1)5-6-9-10-8;/h1-6,9H;1H4. The summed E-state index contributed by atoms with van der Waals surface area (Å²) in [5.41, 5.74) is 1.30. The number of nitrogens with one attached hydrogen (secondary N) is 1. The van der Waals surface area contributed by atoms with Crippen LogP contribution < -0.4 is 4.72 Å². The van der Waals surface area contributed by atoms with E-state index in [0.717, 1.165) is 0 Å². The van der Waals surface area contributed by atoms with Crippen LogP contribution in [-0.2, 0) is 0 Å². The molecule has 0 amide bonds. The third-order valence-electron chi connectivity index (χ3n) is 1.42. The second-order valence-electron chi connectivity index (χ2n) is 2.09. The number of hydrogen-bond donors (Lipinski definition) is 1. The van der Waals surface area contributed by atoms with Gasteiger partial charge in [0.05, 0.1) is 0 Å². The molecular formula is C9H11NS. The summed E-state index contributed by atoms with van der Waals surface area (Å²) in [6, 6.07) is 8.32.